The second-order valence-corrected chi connectivity index (χ2v) is 5.85. The van der Waals surface area contributed by atoms with Gasteiger partial charge in [0.05, 0.1) is 13.2 Å². The number of hydrogen-bond acceptors (Lipinski definition) is 5. The largest absolute Gasteiger partial charge is 0.494 e. The Kier molecular flexibility index (Phi) is 8.77. The lowest BCUT2D eigenvalue weighted by Gasteiger charge is -2.15. The first-order valence-electron chi connectivity index (χ1n) is 7.82. The van der Waals surface area contributed by atoms with Crippen molar-refractivity contribution >= 4 is 29.4 Å². The Balaban J connectivity index is 2.21. The first-order valence-corrected chi connectivity index (χ1v) is 8.20. The van der Waals surface area contributed by atoms with E-state index in [9.17, 15) is 14.4 Å². The highest BCUT2D eigenvalue weighted by Crippen LogP contribution is 2.21. The molecule has 0 bridgehead atoms. The van der Waals surface area contributed by atoms with Gasteiger partial charge in [0.1, 0.15) is 5.75 Å². The van der Waals surface area contributed by atoms with Gasteiger partial charge in [0.25, 0.3) is 5.91 Å². The molecule has 1 aromatic rings. The lowest BCUT2D eigenvalue weighted by Crippen LogP contribution is -2.39. The molecule has 0 aliphatic heterocycles. The van der Waals surface area contributed by atoms with Crippen molar-refractivity contribution in [3.63, 3.8) is 0 Å². The fourth-order valence-electron chi connectivity index (χ4n) is 1.82. The van der Waals surface area contributed by atoms with E-state index in [2.05, 4.69) is 5.32 Å². The van der Waals surface area contributed by atoms with E-state index in [1.54, 1.807) is 12.1 Å². The van der Waals surface area contributed by atoms with Crippen LogP contribution in [-0.4, -0.2) is 56.5 Å². The molecule has 0 radical (unpaired) electrons. The smallest absolute Gasteiger partial charge is 0.306 e. The Bertz CT molecular complexity index is 621. The molecule has 7 nitrogen and oxygen atoms in total. The summed E-state index contributed by atoms with van der Waals surface area (Å²) in [7, 11) is 2.95. The number of carbonyl (C=O) groups is 3. The molecule has 0 atom stereocenters. The number of nitrogens with zero attached hydrogens (tertiary/aromatic N) is 1. The number of esters is 1. The van der Waals surface area contributed by atoms with Crippen molar-refractivity contribution < 1.29 is 23.9 Å². The molecule has 0 aliphatic rings. The summed E-state index contributed by atoms with van der Waals surface area (Å²) in [6.45, 7) is 1.76. The lowest BCUT2D eigenvalue weighted by molar-refractivity contribution is -0.152. The Hall–Kier alpha value is -2.28. The number of carbonyl (C=O) groups excluding carboxylic acids is 3. The number of hydrogen-bond donors (Lipinski definition) is 1. The molecule has 25 heavy (non-hydrogen) atoms. The maximum absolute atomic E-state index is 11.7. The maximum Gasteiger partial charge on any atom is 0.306 e. The van der Waals surface area contributed by atoms with Crippen molar-refractivity contribution in [2.75, 3.05) is 33.9 Å². The van der Waals surface area contributed by atoms with E-state index >= 15 is 0 Å². The summed E-state index contributed by atoms with van der Waals surface area (Å²) in [6, 6.07) is 5.33. The number of rotatable bonds is 9. The number of halogens is 1. The lowest BCUT2D eigenvalue weighted by atomic mass is 10.2. The number of amides is 2. The second kappa shape index (κ2) is 10.6. The van der Waals surface area contributed by atoms with Gasteiger partial charge in [0.15, 0.2) is 6.61 Å². The van der Waals surface area contributed by atoms with Gasteiger partial charge in [-0.25, -0.2) is 0 Å². The van der Waals surface area contributed by atoms with Crippen LogP contribution < -0.4 is 10.1 Å². The van der Waals surface area contributed by atoms with Crippen LogP contribution in [0.1, 0.15) is 18.4 Å². The number of nitrogens with one attached hydrogen (secondary N) is 1. The van der Waals surface area contributed by atoms with E-state index in [0.717, 1.165) is 5.56 Å². The molecule has 0 saturated carbocycles. The Labute approximate surface area is 152 Å². The fraction of sp³-hybridized carbons (Fsp3) is 0.471. The van der Waals surface area contributed by atoms with Crippen molar-refractivity contribution in [1.82, 2.24) is 10.2 Å². The predicted octanol–water partition coefficient (Wildman–Crippen LogP) is 1.56. The molecule has 0 fully saturated rings. The van der Waals surface area contributed by atoms with Crippen molar-refractivity contribution in [2.45, 2.75) is 19.8 Å². The van der Waals surface area contributed by atoms with Crippen LogP contribution in [0.3, 0.4) is 0 Å². The summed E-state index contributed by atoms with van der Waals surface area (Å²) in [5.74, 6) is -0.541. The quantitative estimate of drug-likeness (QED) is 0.526. The highest BCUT2D eigenvalue weighted by molar-refractivity contribution is 6.31. The molecule has 1 aromatic carbocycles. The highest BCUT2D eigenvalue weighted by atomic mass is 35.5. The van der Waals surface area contributed by atoms with Gasteiger partial charge in [-0.2, -0.15) is 0 Å². The van der Waals surface area contributed by atoms with E-state index in [-0.39, 0.29) is 25.5 Å². The molecule has 0 unspecified atom stereocenters. The summed E-state index contributed by atoms with van der Waals surface area (Å²) >= 11 is 5.93. The molecule has 2 amide bonds. The van der Waals surface area contributed by atoms with Crippen LogP contribution in [0.15, 0.2) is 18.2 Å². The second-order valence-electron chi connectivity index (χ2n) is 5.45. The van der Waals surface area contributed by atoms with Gasteiger partial charge in [-0.1, -0.05) is 11.6 Å². The molecule has 138 valence electrons. The van der Waals surface area contributed by atoms with Crippen LogP contribution in [0.2, 0.25) is 5.02 Å². The third-order valence-electron chi connectivity index (χ3n) is 3.37. The predicted molar refractivity (Wildman–Crippen MR) is 93.6 cm³/mol. The molecule has 8 heteroatoms. The molecular weight excluding hydrogens is 348 g/mol. The minimum absolute atomic E-state index is 0.0821. The standard InChI is InChI=1S/C17H23ClN2O5/c1-12-9-13(6-7-14(12)18)24-8-4-5-17(23)25-11-16(22)20(3)10-15(21)19-2/h6-7,9H,4-5,8,10-11H2,1-3H3,(H,19,21). The zero-order valence-corrected chi connectivity index (χ0v) is 15.4. The third kappa shape index (κ3) is 7.89. The summed E-state index contributed by atoms with van der Waals surface area (Å²) < 4.78 is 10.4. The van der Waals surface area contributed by atoms with Crippen LogP contribution in [0.25, 0.3) is 0 Å². The number of benzene rings is 1. The minimum atomic E-state index is -0.488. The Morgan fingerprint density at radius 3 is 2.64 bits per heavy atom. The van der Waals surface area contributed by atoms with E-state index in [0.29, 0.717) is 23.8 Å². The Morgan fingerprint density at radius 2 is 2.00 bits per heavy atom. The van der Waals surface area contributed by atoms with Gasteiger partial charge < -0.3 is 19.7 Å². The molecule has 1 N–H and O–H groups in total. The highest BCUT2D eigenvalue weighted by Gasteiger charge is 2.14. The zero-order chi connectivity index (χ0) is 18.8. The van der Waals surface area contributed by atoms with Gasteiger partial charge in [-0.3, -0.25) is 14.4 Å². The fourth-order valence-corrected chi connectivity index (χ4v) is 1.94. The maximum atomic E-state index is 11.7. The van der Waals surface area contributed by atoms with Crippen molar-refractivity contribution in [2.24, 2.45) is 0 Å². The first-order chi connectivity index (χ1) is 11.8. The van der Waals surface area contributed by atoms with Gasteiger partial charge in [-0.15, -0.1) is 0 Å². The first kappa shape index (κ1) is 20.8. The van der Waals surface area contributed by atoms with E-state index in [1.165, 1.54) is 19.0 Å². The van der Waals surface area contributed by atoms with Crippen molar-refractivity contribution in [3.05, 3.63) is 28.8 Å². The summed E-state index contributed by atoms with van der Waals surface area (Å²) in [6.07, 6.45) is 0.599. The number of ether oxygens (including phenoxy) is 2. The molecule has 1 rings (SSSR count). The molecule has 0 spiro atoms. The monoisotopic (exact) mass is 370 g/mol. The normalized spacial score (nSPS) is 10.1. The Morgan fingerprint density at radius 1 is 1.28 bits per heavy atom. The van der Waals surface area contributed by atoms with Crippen LogP contribution in [0.5, 0.6) is 5.75 Å². The number of aryl methyl sites for hydroxylation is 1. The van der Waals surface area contributed by atoms with Crippen LogP contribution in [0, 0.1) is 6.92 Å². The summed E-state index contributed by atoms with van der Waals surface area (Å²) in [5, 5.41) is 3.08. The molecule has 0 aliphatic carbocycles. The van der Waals surface area contributed by atoms with E-state index < -0.39 is 11.9 Å². The van der Waals surface area contributed by atoms with Crippen LogP contribution >= 0.6 is 11.6 Å². The van der Waals surface area contributed by atoms with Gasteiger partial charge in [-0.05, 0) is 37.1 Å². The van der Waals surface area contributed by atoms with Gasteiger partial charge in [0.2, 0.25) is 5.91 Å². The molecule has 0 heterocycles. The molecule has 0 saturated heterocycles. The number of likely N-dealkylation sites (N-methyl/N-ethyl adjacent to an activating group) is 2. The van der Waals surface area contributed by atoms with Gasteiger partial charge in [0, 0.05) is 25.5 Å². The average Bonchev–Trinajstić information content (AvgIpc) is 2.59. The van der Waals surface area contributed by atoms with Gasteiger partial charge >= 0.3 is 5.97 Å². The van der Waals surface area contributed by atoms with Crippen LogP contribution in [0.4, 0.5) is 0 Å². The van der Waals surface area contributed by atoms with E-state index in [1.807, 2.05) is 13.0 Å². The topological polar surface area (TPSA) is 84.9 Å². The van der Waals surface area contributed by atoms with Crippen molar-refractivity contribution in [3.8, 4) is 5.75 Å². The SMILES string of the molecule is CNC(=O)CN(C)C(=O)COC(=O)CCCOc1ccc(Cl)c(C)c1. The zero-order valence-electron chi connectivity index (χ0n) is 14.6. The summed E-state index contributed by atoms with van der Waals surface area (Å²) in [5.41, 5.74) is 0.915. The molecule has 0 aromatic heterocycles. The third-order valence-corrected chi connectivity index (χ3v) is 3.79. The van der Waals surface area contributed by atoms with Crippen LogP contribution in [-0.2, 0) is 19.1 Å². The molecular formula is C17H23ClN2O5. The summed E-state index contributed by atoms with van der Waals surface area (Å²) in [4.78, 5) is 35.7. The average molecular weight is 371 g/mol. The van der Waals surface area contributed by atoms with Crippen molar-refractivity contribution in [1.29, 1.82) is 0 Å². The minimum Gasteiger partial charge on any atom is -0.494 e. The van der Waals surface area contributed by atoms with E-state index in [4.69, 9.17) is 21.1 Å².